The van der Waals surface area contributed by atoms with Crippen molar-refractivity contribution in [1.29, 1.82) is 5.26 Å². The van der Waals surface area contributed by atoms with Gasteiger partial charge in [-0.1, -0.05) is 12.6 Å². The predicted octanol–water partition coefficient (Wildman–Crippen LogP) is 3.00. The number of piperazine rings is 1. The van der Waals surface area contributed by atoms with Gasteiger partial charge < -0.3 is 24.2 Å². The number of amides is 1. The van der Waals surface area contributed by atoms with E-state index in [1.165, 1.54) is 35.7 Å². The summed E-state index contributed by atoms with van der Waals surface area (Å²) in [5.74, 6) is 1.73. The standard InChI is InChI=1S/C32H41N7O3/c1-3-30(40)39-18-17-37(22-24(39)11-13-33)31-25-10-9-23(38-16-12-26-28(38)7-6-8-29(26)41-2)21-27(25)34-32(35-31)42-20-19-36-14-4-5-15-36/h3,6-8,23-24H,1,4-5,9-12,14-22H2,2H3/t23?,24-/m0/s1. The van der Waals surface area contributed by atoms with Gasteiger partial charge in [0.05, 0.1) is 31.3 Å². The van der Waals surface area contributed by atoms with Crippen LogP contribution in [0.15, 0.2) is 30.9 Å². The first-order valence-electron chi connectivity index (χ1n) is 15.3. The van der Waals surface area contributed by atoms with Gasteiger partial charge in [-0.2, -0.15) is 15.2 Å². The summed E-state index contributed by atoms with van der Waals surface area (Å²) >= 11 is 0. The molecule has 10 nitrogen and oxygen atoms in total. The van der Waals surface area contributed by atoms with Gasteiger partial charge in [0.2, 0.25) is 5.91 Å². The Morgan fingerprint density at radius 3 is 2.79 bits per heavy atom. The third-order valence-corrected chi connectivity index (χ3v) is 9.29. The summed E-state index contributed by atoms with van der Waals surface area (Å²) < 4.78 is 11.9. The minimum Gasteiger partial charge on any atom is -0.496 e. The molecule has 0 bridgehead atoms. The van der Waals surface area contributed by atoms with E-state index in [0.717, 1.165) is 69.1 Å². The monoisotopic (exact) mass is 571 g/mol. The van der Waals surface area contributed by atoms with Crippen LogP contribution in [0.4, 0.5) is 11.5 Å². The van der Waals surface area contributed by atoms with Gasteiger partial charge >= 0.3 is 6.01 Å². The number of likely N-dealkylation sites (tertiary alicyclic amines) is 1. The van der Waals surface area contributed by atoms with Gasteiger partial charge in [-0.3, -0.25) is 9.69 Å². The van der Waals surface area contributed by atoms with E-state index in [0.29, 0.717) is 38.3 Å². The molecule has 0 saturated carbocycles. The van der Waals surface area contributed by atoms with Gasteiger partial charge in [0.1, 0.15) is 18.2 Å². The van der Waals surface area contributed by atoms with Crippen LogP contribution in [-0.2, 0) is 24.1 Å². The van der Waals surface area contributed by atoms with Crippen molar-refractivity contribution in [1.82, 2.24) is 19.8 Å². The van der Waals surface area contributed by atoms with Crippen molar-refractivity contribution in [3.05, 3.63) is 47.7 Å². The summed E-state index contributed by atoms with van der Waals surface area (Å²) in [7, 11) is 1.74. The molecule has 1 aliphatic carbocycles. The van der Waals surface area contributed by atoms with Crippen LogP contribution in [0.2, 0.25) is 0 Å². The van der Waals surface area contributed by atoms with Crippen molar-refractivity contribution < 1.29 is 14.3 Å². The summed E-state index contributed by atoms with van der Waals surface area (Å²) in [6.07, 6.45) is 7.78. The first-order valence-corrected chi connectivity index (χ1v) is 15.3. The molecule has 1 unspecified atom stereocenters. The Morgan fingerprint density at radius 2 is 2.00 bits per heavy atom. The van der Waals surface area contributed by atoms with Crippen LogP contribution in [0.1, 0.15) is 42.5 Å². The average molecular weight is 572 g/mol. The van der Waals surface area contributed by atoms with Gasteiger partial charge in [0.25, 0.3) is 0 Å². The summed E-state index contributed by atoms with van der Waals surface area (Å²) in [6, 6.07) is 9.14. The number of rotatable bonds is 9. The van der Waals surface area contributed by atoms with E-state index in [-0.39, 0.29) is 18.4 Å². The van der Waals surface area contributed by atoms with Crippen molar-refractivity contribution >= 4 is 17.4 Å². The van der Waals surface area contributed by atoms with E-state index in [4.69, 9.17) is 19.4 Å². The molecule has 222 valence electrons. The summed E-state index contributed by atoms with van der Waals surface area (Å²) in [5, 5.41) is 9.51. The lowest BCUT2D eigenvalue weighted by Gasteiger charge is -2.42. The van der Waals surface area contributed by atoms with E-state index >= 15 is 0 Å². The van der Waals surface area contributed by atoms with E-state index in [1.54, 1.807) is 12.0 Å². The fraction of sp³-hybridized carbons (Fsp3) is 0.562. The van der Waals surface area contributed by atoms with E-state index in [1.807, 2.05) is 6.07 Å². The number of nitrogens with zero attached hydrogens (tertiary/aromatic N) is 7. The molecule has 2 atom stereocenters. The number of benzene rings is 1. The number of hydrogen-bond acceptors (Lipinski definition) is 9. The summed E-state index contributed by atoms with van der Waals surface area (Å²) in [6.45, 7) is 10.0. The van der Waals surface area contributed by atoms with Gasteiger partial charge in [-0.05, 0) is 63.4 Å². The largest absolute Gasteiger partial charge is 0.496 e. The van der Waals surface area contributed by atoms with E-state index < -0.39 is 0 Å². The normalized spacial score (nSPS) is 22.0. The Hall–Kier alpha value is -3.84. The molecule has 4 heterocycles. The molecule has 4 aliphatic rings. The van der Waals surface area contributed by atoms with Crippen LogP contribution in [0, 0.1) is 11.3 Å². The summed E-state index contributed by atoms with van der Waals surface area (Å²) in [4.78, 5) is 31.4. The molecule has 2 fully saturated rings. The number of carbonyl (C=O) groups excluding carboxylic acids is 1. The topological polar surface area (TPSA) is 98.1 Å². The summed E-state index contributed by atoms with van der Waals surface area (Å²) in [5.41, 5.74) is 4.77. The maximum Gasteiger partial charge on any atom is 0.318 e. The minimum atomic E-state index is -0.216. The van der Waals surface area contributed by atoms with Gasteiger partial charge in [0, 0.05) is 62.0 Å². The third-order valence-electron chi connectivity index (χ3n) is 9.29. The highest BCUT2D eigenvalue weighted by Gasteiger charge is 2.36. The smallest absolute Gasteiger partial charge is 0.318 e. The second-order valence-corrected chi connectivity index (χ2v) is 11.6. The molecule has 0 spiro atoms. The Bertz CT molecular complexity index is 1350. The van der Waals surface area contributed by atoms with Crippen LogP contribution in [-0.4, -0.2) is 97.3 Å². The number of ether oxygens (including phenoxy) is 2. The zero-order valence-electron chi connectivity index (χ0n) is 24.6. The van der Waals surface area contributed by atoms with E-state index in [9.17, 15) is 10.1 Å². The first-order chi connectivity index (χ1) is 20.6. The molecule has 1 amide bonds. The molecular formula is C32H41N7O3. The maximum atomic E-state index is 12.5. The third kappa shape index (κ3) is 5.62. The number of anilines is 2. The van der Waals surface area contributed by atoms with Crippen LogP contribution in [0.3, 0.4) is 0 Å². The first kappa shape index (κ1) is 28.3. The highest BCUT2D eigenvalue weighted by Crippen LogP contribution is 2.40. The van der Waals surface area contributed by atoms with Gasteiger partial charge in [0.15, 0.2) is 0 Å². The molecule has 1 aromatic carbocycles. The molecular weight excluding hydrogens is 530 g/mol. The van der Waals surface area contributed by atoms with Crippen LogP contribution >= 0.6 is 0 Å². The quantitative estimate of drug-likeness (QED) is 0.421. The van der Waals surface area contributed by atoms with Crippen molar-refractivity contribution in [3.8, 4) is 17.8 Å². The Balaban J connectivity index is 1.27. The van der Waals surface area contributed by atoms with Crippen molar-refractivity contribution in [2.24, 2.45) is 0 Å². The molecule has 6 rings (SSSR count). The SMILES string of the molecule is C=CC(=O)N1CCN(c2nc(OCCN3CCCC3)nc3c2CCC(N2CCc4c(OC)cccc42)C3)C[C@@H]1CC#N. The zero-order valence-corrected chi connectivity index (χ0v) is 24.6. The lowest BCUT2D eigenvalue weighted by Crippen LogP contribution is -2.55. The molecule has 10 heteroatoms. The molecule has 0 N–H and O–H groups in total. The average Bonchev–Trinajstić information content (AvgIpc) is 3.70. The van der Waals surface area contributed by atoms with Crippen molar-refractivity contribution in [3.63, 3.8) is 0 Å². The highest BCUT2D eigenvalue weighted by atomic mass is 16.5. The molecule has 2 aromatic rings. The maximum absolute atomic E-state index is 12.5. The number of carbonyl (C=O) groups is 1. The molecule has 42 heavy (non-hydrogen) atoms. The fourth-order valence-electron chi connectivity index (χ4n) is 7.15. The fourth-order valence-corrected chi connectivity index (χ4v) is 7.15. The van der Waals surface area contributed by atoms with Gasteiger partial charge in [-0.25, -0.2) is 0 Å². The highest BCUT2D eigenvalue weighted by molar-refractivity contribution is 5.87. The number of fused-ring (bicyclic) bond motifs is 2. The van der Waals surface area contributed by atoms with E-state index in [2.05, 4.69) is 39.5 Å². The van der Waals surface area contributed by atoms with Crippen molar-refractivity contribution in [2.75, 3.05) is 69.3 Å². The minimum absolute atomic E-state index is 0.129. The Morgan fingerprint density at radius 1 is 1.14 bits per heavy atom. The number of nitriles is 1. The Kier molecular flexibility index (Phi) is 8.47. The van der Waals surface area contributed by atoms with Crippen LogP contribution in [0.5, 0.6) is 11.8 Å². The zero-order chi connectivity index (χ0) is 29.1. The second kappa shape index (κ2) is 12.6. The Labute approximate surface area is 248 Å². The number of methoxy groups -OCH3 is 1. The van der Waals surface area contributed by atoms with Crippen molar-refractivity contribution in [2.45, 2.75) is 57.0 Å². The molecule has 0 radical (unpaired) electrons. The van der Waals surface area contributed by atoms with Crippen LogP contribution in [0.25, 0.3) is 0 Å². The van der Waals surface area contributed by atoms with Gasteiger partial charge in [-0.15, -0.1) is 0 Å². The molecule has 1 aromatic heterocycles. The van der Waals surface area contributed by atoms with Crippen LogP contribution < -0.4 is 19.3 Å². The molecule has 2 saturated heterocycles. The predicted molar refractivity (Wildman–Crippen MR) is 161 cm³/mol. The number of aromatic nitrogens is 2. The number of hydrogen-bond donors (Lipinski definition) is 0. The molecule has 3 aliphatic heterocycles. The lowest BCUT2D eigenvalue weighted by atomic mass is 9.90. The second-order valence-electron chi connectivity index (χ2n) is 11.6. The lowest BCUT2D eigenvalue weighted by molar-refractivity contribution is -0.128.